The molecule has 0 saturated heterocycles. The Balaban J connectivity index is 1.34. The number of carbonyl (C=O) groups is 2. The molecule has 2 amide bonds. The summed E-state index contributed by atoms with van der Waals surface area (Å²) in [6.45, 7) is 0.356. The van der Waals surface area contributed by atoms with Gasteiger partial charge in [-0.2, -0.15) is 0 Å². The molecule has 0 aliphatic rings. The number of carbonyl (C=O) groups excluding carboxylic acids is 2. The Bertz CT molecular complexity index is 1650. The number of primary amides is 1. The third-order valence-electron chi connectivity index (χ3n) is 5.85. The Morgan fingerprint density at radius 1 is 0.889 bits per heavy atom. The molecule has 178 valence electrons. The van der Waals surface area contributed by atoms with Crippen LogP contribution in [-0.2, 0) is 13.0 Å². The summed E-state index contributed by atoms with van der Waals surface area (Å²) in [5, 5.41) is 5.94. The van der Waals surface area contributed by atoms with E-state index in [0.29, 0.717) is 51.5 Å². The Labute approximate surface area is 211 Å². The van der Waals surface area contributed by atoms with E-state index in [1.165, 1.54) is 6.20 Å². The number of aromatic nitrogens is 3. The number of nitrogens with one attached hydrogen (secondary N) is 1. The van der Waals surface area contributed by atoms with Crippen molar-refractivity contribution in [1.29, 1.82) is 0 Å². The van der Waals surface area contributed by atoms with Gasteiger partial charge in [-0.25, -0.2) is 4.98 Å². The van der Waals surface area contributed by atoms with Gasteiger partial charge in [-0.15, -0.1) is 0 Å². The Kier molecular flexibility index (Phi) is 6.18. The maximum Gasteiger partial charge on any atom is 0.251 e. The van der Waals surface area contributed by atoms with Gasteiger partial charge in [-0.05, 0) is 59.0 Å². The highest BCUT2D eigenvalue weighted by molar-refractivity contribution is 6.31. The van der Waals surface area contributed by atoms with Gasteiger partial charge in [0.05, 0.1) is 16.1 Å². The van der Waals surface area contributed by atoms with Crippen molar-refractivity contribution >= 4 is 50.9 Å². The second-order valence-corrected chi connectivity index (χ2v) is 8.82. The summed E-state index contributed by atoms with van der Waals surface area (Å²) in [6, 6.07) is 16.4. The number of benzene rings is 2. The number of hydrogen-bond acceptors (Lipinski definition) is 6. The molecule has 0 atom stereocenters. The van der Waals surface area contributed by atoms with Gasteiger partial charge in [-0.3, -0.25) is 19.6 Å². The molecule has 5 N–H and O–H groups in total. The molecule has 0 fully saturated rings. The topological polar surface area (TPSA) is 137 Å². The molecular weight excluding hydrogens is 476 g/mol. The highest BCUT2D eigenvalue weighted by Crippen LogP contribution is 2.24. The van der Waals surface area contributed by atoms with E-state index < -0.39 is 5.91 Å². The average Bonchev–Trinajstić information content (AvgIpc) is 2.86. The molecule has 8 nitrogen and oxygen atoms in total. The number of rotatable bonds is 6. The van der Waals surface area contributed by atoms with E-state index in [0.717, 1.165) is 21.9 Å². The van der Waals surface area contributed by atoms with Crippen LogP contribution in [-0.4, -0.2) is 26.8 Å². The zero-order valence-corrected chi connectivity index (χ0v) is 19.8. The second kappa shape index (κ2) is 9.59. The molecular formula is C27H21ClN6O2. The number of anilines is 1. The van der Waals surface area contributed by atoms with E-state index >= 15 is 0 Å². The maximum absolute atomic E-state index is 12.8. The highest BCUT2D eigenvalue weighted by Gasteiger charge is 2.13. The van der Waals surface area contributed by atoms with Gasteiger partial charge >= 0.3 is 0 Å². The van der Waals surface area contributed by atoms with Crippen LogP contribution in [0.5, 0.6) is 0 Å². The van der Waals surface area contributed by atoms with Gasteiger partial charge in [0.25, 0.3) is 11.8 Å². The summed E-state index contributed by atoms with van der Waals surface area (Å²) in [4.78, 5) is 37.6. The minimum Gasteiger partial charge on any atom is -0.383 e. The monoisotopic (exact) mass is 496 g/mol. The molecule has 3 aromatic heterocycles. The standard InChI is InChI=1S/C27H21ClN6O2/c28-20-11-19-8-16(10-23(26(30)35)24(19)33-14-20)9-21-12-18(4-5-31-21)27(36)34-13-15-1-2-22-17(7-15)3-6-32-25(22)29/h1-8,10-12,14H,9,13H2,(H2,29,32)(H2,30,35)(H,34,36). The zero-order valence-electron chi connectivity index (χ0n) is 19.0. The van der Waals surface area contributed by atoms with E-state index in [1.54, 1.807) is 36.7 Å². The molecule has 5 aromatic rings. The number of pyridine rings is 3. The molecule has 0 spiro atoms. The largest absolute Gasteiger partial charge is 0.383 e. The molecule has 9 heteroatoms. The van der Waals surface area contributed by atoms with Gasteiger partial charge < -0.3 is 16.8 Å². The van der Waals surface area contributed by atoms with Gasteiger partial charge in [0.2, 0.25) is 0 Å². The average molecular weight is 497 g/mol. The summed E-state index contributed by atoms with van der Waals surface area (Å²) in [7, 11) is 0. The summed E-state index contributed by atoms with van der Waals surface area (Å²) in [5.41, 5.74) is 15.2. The molecule has 0 radical (unpaired) electrons. The lowest BCUT2D eigenvalue weighted by Crippen LogP contribution is -2.23. The number of fused-ring (bicyclic) bond motifs is 2. The number of nitrogen functional groups attached to an aromatic ring is 1. The first-order chi connectivity index (χ1) is 17.4. The maximum atomic E-state index is 12.8. The van der Waals surface area contributed by atoms with Crippen LogP contribution in [0.1, 0.15) is 37.5 Å². The fourth-order valence-corrected chi connectivity index (χ4v) is 4.31. The van der Waals surface area contributed by atoms with Gasteiger partial charge in [0.15, 0.2) is 0 Å². The van der Waals surface area contributed by atoms with Crippen LogP contribution in [0.25, 0.3) is 21.7 Å². The number of hydrogen-bond donors (Lipinski definition) is 3. The van der Waals surface area contributed by atoms with Gasteiger partial charge in [0, 0.05) is 53.6 Å². The number of nitrogens with two attached hydrogens (primary N) is 2. The Morgan fingerprint density at radius 2 is 1.69 bits per heavy atom. The van der Waals surface area contributed by atoms with E-state index in [9.17, 15) is 9.59 Å². The molecule has 2 aromatic carbocycles. The molecule has 36 heavy (non-hydrogen) atoms. The lowest BCUT2D eigenvalue weighted by Gasteiger charge is -2.10. The van der Waals surface area contributed by atoms with Crippen LogP contribution < -0.4 is 16.8 Å². The first-order valence-corrected chi connectivity index (χ1v) is 11.5. The van der Waals surface area contributed by atoms with Gasteiger partial charge in [-0.1, -0.05) is 23.7 Å². The summed E-state index contributed by atoms with van der Waals surface area (Å²) in [6.07, 6.45) is 5.12. The van der Waals surface area contributed by atoms with Crippen LogP contribution in [0.4, 0.5) is 5.82 Å². The zero-order chi connectivity index (χ0) is 25.2. The second-order valence-electron chi connectivity index (χ2n) is 8.38. The third kappa shape index (κ3) is 4.80. The van der Waals surface area contributed by atoms with Crippen molar-refractivity contribution in [3.05, 3.63) is 106 Å². The SMILES string of the molecule is NC(=O)c1cc(Cc2cc(C(=O)NCc3ccc4c(N)nccc4c3)ccn2)cc2cc(Cl)cnc12. The minimum atomic E-state index is -0.578. The summed E-state index contributed by atoms with van der Waals surface area (Å²) in [5.74, 6) is -0.327. The first kappa shape index (κ1) is 23.2. The van der Waals surface area contributed by atoms with Crippen LogP contribution in [0.3, 0.4) is 0 Å². The Hall–Kier alpha value is -4.56. The lowest BCUT2D eigenvalue weighted by atomic mass is 10.0. The molecule has 0 aliphatic heterocycles. The first-order valence-electron chi connectivity index (χ1n) is 11.1. The number of halogens is 1. The quantitative estimate of drug-likeness (QED) is 0.324. The van der Waals surface area contributed by atoms with Gasteiger partial charge in [0.1, 0.15) is 5.82 Å². The van der Waals surface area contributed by atoms with Crippen molar-refractivity contribution in [1.82, 2.24) is 20.3 Å². The van der Waals surface area contributed by atoms with Crippen molar-refractivity contribution in [3.63, 3.8) is 0 Å². The third-order valence-corrected chi connectivity index (χ3v) is 6.06. The molecule has 0 unspecified atom stereocenters. The fourth-order valence-electron chi connectivity index (χ4n) is 4.15. The van der Waals surface area contributed by atoms with Crippen molar-refractivity contribution in [3.8, 4) is 0 Å². The van der Waals surface area contributed by atoms with Crippen molar-refractivity contribution < 1.29 is 9.59 Å². The van der Waals surface area contributed by atoms with Crippen molar-refractivity contribution in [2.24, 2.45) is 5.73 Å². The van der Waals surface area contributed by atoms with Crippen LogP contribution in [0, 0.1) is 0 Å². The summed E-state index contributed by atoms with van der Waals surface area (Å²) < 4.78 is 0. The summed E-state index contributed by atoms with van der Waals surface area (Å²) >= 11 is 6.08. The van der Waals surface area contributed by atoms with E-state index in [-0.39, 0.29) is 5.91 Å². The number of nitrogens with zero attached hydrogens (tertiary/aromatic N) is 3. The fraction of sp³-hybridized carbons (Fsp3) is 0.0741. The lowest BCUT2D eigenvalue weighted by molar-refractivity contribution is 0.0949. The minimum absolute atomic E-state index is 0.222. The predicted molar refractivity (Wildman–Crippen MR) is 140 cm³/mol. The highest BCUT2D eigenvalue weighted by atomic mass is 35.5. The van der Waals surface area contributed by atoms with Crippen LogP contribution >= 0.6 is 11.6 Å². The van der Waals surface area contributed by atoms with Crippen molar-refractivity contribution in [2.45, 2.75) is 13.0 Å². The molecule has 0 bridgehead atoms. The predicted octanol–water partition coefficient (Wildman–Crippen LogP) is 4.03. The molecule has 0 saturated carbocycles. The van der Waals surface area contributed by atoms with E-state index in [4.69, 9.17) is 23.1 Å². The molecule has 5 rings (SSSR count). The van der Waals surface area contributed by atoms with Crippen LogP contribution in [0.2, 0.25) is 5.02 Å². The van der Waals surface area contributed by atoms with E-state index in [2.05, 4.69) is 20.3 Å². The molecule has 0 aliphatic carbocycles. The molecule has 3 heterocycles. The number of amides is 2. The van der Waals surface area contributed by atoms with Crippen molar-refractivity contribution in [2.75, 3.05) is 5.73 Å². The Morgan fingerprint density at radius 3 is 2.53 bits per heavy atom. The normalized spacial score (nSPS) is 11.0. The van der Waals surface area contributed by atoms with E-state index in [1.807, 2.05) is 30.3 Å². The smallest absolute Gasteiger partial charge is 0.251 e. The van der Waals surface area contributed by atoms with Crippen LogP contribution in [0.15, 0.2) is 73.2 Å².